The van der Waals surface area contributed by atoms with Crippen molar-refractivity contribution in [3.63, 3.8) is 0 Å². The summed E-state index contributed by atoms with van der Waals surface area (Å²) in [5, 5.41) is 15.9. The highest BCUT2D eigenvalue weighted by Gasteiger charge is 2.29. The Kier molecular flexibility index (Phi) is 4.37. The molecule has 3 rings (SSSR count). The molecule has 3 atom stereocenters. The van der Waals surface area contributed by atoms with Crippen LogP contribution in [-0.2, 0) is 0 Å². The molecule has 0 spiro atoms. The Labute approximate surface area is 128 Å². The summed E-state index contributed by atoms with van der Waals surface area (Å²) in [4.78, 5) is 7.88. The number of nitrogens with zero attached hydrogens (tertiary/aromatic N) is 3. The number of hydrogen-bond acceptors (Lipinski definition) is 6. The molecule has 0 saturated carbocycles. The molecule has 6 heteroatoms. The first-order valence-corrected chi connectivity index (χ1v) is 8.32. The summed E-state index contributed by atoms with van der Waals surface area (Å²) in [5.74, 6) is 1.65. The van der Waals surface area contributed by atoms with Gasteiger partial charge in [0.25, 0.3) is 0 Å². The van der Waals surface area contributed by atoms with E-state index in [2.05, 4.69) is 22.0 Å². The van der Waals surface area contributed by atoms with E-state index in [9.17, 15) is 5.11 Å². The lowest BCUT2D eigenvalue weighted by atomic mass is 9.92. The van der Waals surface area contributed by atoms with Crippen LogP contribution in [0.3, 0.4) is 0 Å². The molecule has 1 fully saturated rings. The van der Waals surface area contributed by atoms with E-state index in [1.54, 1.807) is 11.3 Å². The number of rotatable bonds is 4. The van der Waals surface area contributed by atoms with E-state index in [4.69, 9.17) is 4.52 Å². The van der Waals surface area contributed by atoms with E-state index in [1.165, 1.54) is 0 Å². The average molecular weight is 307 g/mol. The third-order valence-corrected chi connectivity index (χ3v) is 5.13. The summed E-state index contributed by atoms with van der Waals surface area (Å²) < 4.78 is 5.44. The molecule has 1 N–H and O–H groups in total. The summed E-state index contributed by atoms with van der Waals surface area (Å²) >= 11 is 1.61. The van der Waals surface area contributed by atoms with Gasteiger partial charge in [-0.3, -0.25) is 4.90 Å². The first-order valence-electron chi connectivity index (χ1n) is 7.44. The molecule has 0 aromatic carbocycles. The van der Waals surface area contributed by atoms with Gasteiger partial charge in [0.15, 0.2) is 0 Å². The van der Waals surface area contributed by atoms with Crippen LogP contribution in [0.2, 0.25) is 0 Å². The van der Waals surface area contributed by atoms with Crippen molar-refractivity contribution in [1.82, 2.24) is 15.0 Å². The Morgan fingerprint density at radius 1 is 1.48 bits per heavy atom. The van der Waals surface area contributed by atoms with Crippen LogP contribution in [0.5, 0.6) is 0 Å². The average Bonchev–Trinajstić information content (AvgIpc) is 3.17. The van der Waals surface area contributed by atoms with Crippen molar-refractivity contribution in [2.75, 3.05) is 13.1 Å². The molecule has 1 saturated heterocycles. The van der Waals surface area contributed by atoms with E-state index in [1.807, 2.05) is 24.4 Å². The number of piperidine rings is 1. The normalized spacial score (nSPS) is 23.1. The number of aliphatic hydroxyl groups is 1. The molecule has 3 unspecified atom stereocenters. The second-order valence-electron chi connectivity index (χ2n) is 5.75. The zero-order valence-corrected chi connectivity index (χ0v) is 13.2. The second-order valence-corrected chi connectivity index (χ2v) is 6.70. The summed E-state index contributed by atoms with van der Waals surface area (Å²) in [7, 11) is 0. The Balaban J connectivity index is 1.71. The molecular formula is C15H21N3O2S. The molecule has 1 aliphatic rings. The SMILES string of the molecule is CC(O)C1CCCN(C(C)c2nc(-c3cccs3)no2)C1. The van der Waals surface area contributed by atoms with Crippen molar-refractivity contribution < 1.29 is 9.63 Å². The molecule has 2 aromatic rings. The van der Waals surface area contributed by atoms with Gasteiger partial charge in [0, 0.05) is 6.54 Å². The molecule has 114 valence electrons. The standard InChI is InChI=1S/C15H21N3O2S/c1-10(18-7-3-5-12(9-18)11(2)19)15-16-14(17-20-15)13-6-4-8-21-13/h4,6,8,10-12,19H,3,5,7,9H2,1-2H3. The van der Waals surface area contributed by atoms with E-state index in [0.29, 0.717) is 17.6 Å². The highest BCUT2D eigenvalue weighted by molar-refractivity contribution is 7.13. The van der Waals surface area contributed by atoms with Gasteiger partial charge in [-0.25, -0.2) is 0 Å². The maximum atomic E-state index is 9.80. The van der Waals surface area contributed by atoms with Crippen molar-refractivity contribution >= 4 is 11.3 Å². The van der Waals surface area contributed by atoms with Crippen molar-refractivity contribution in [3.05, 3.63) is 23.4 Å². The van der Waals surface area contributed by atoms with E-state index in [-0.39, 0.29) is 12.1 Å². The van der Waals surface area contributed by atoms with Gasteiger partial charge in [-0.1, -0.05) is 11.2 Å². The number of likely N-dealkylation sites (tertiary alicyclic amines) is 1. The van der Waals surface area contributed by atoms with Crippen LogP contribution in [0.1, 0.15) is 38.6 Å². The molecule has 5 nitrogen and oxygen atoms in total. The summed E-state index contributed by atoms with van der Waals surface area (Å²) in [6.45, 7) is 5.87. The smallest absolute Gasteiger partial charge is 0.244 e. The van der Waals surface area contributed by atoms with Gasteiger partial charge in [0.1, 0.15) is 0 Å². The summed E-state index contributed by atoms with van der Waals surface area (Å²) in [6.07, 6.45) is 1.93. The van der Waals surface area contributed by atoms with Crippen LogP contribution >= 0.6 is 11.3 Å². The van der Waals surface area contributed by atoms with Crippen molar-refractivity contribution in [1.29, 1.82) is 0 Å². The predicted molar refractivity (Wildman–Crippen MR) is 82.0 cm³/mol. The number of thiophene rings is 1. The number of aromatic nitrogens is 2. The fourth-order valence-corrected chi connectivity index (χ4v) is 3.50. The van der Waals surface area contributed by atoms with Gasteiger partial charge in [0.05, 0.1) is 17.0 Å². The fourth-order valence-electron chi connectivity index (χ4n) is 2.85. The van der Waals surface area contributed by atoms with Gasteiger partial charge in [-0.2, -0.15) is 4.98 Å². The van der Waals surface area contributed by atoms with Gasteiger partial charge in [-0.05, 0) is 50.6 Å². The molecule has 0 radical (unpaired) electrons. The third-order valence-electron chi connectivity index (χ3n) is 4.26. The molecule has 0 bridgehead atoms. The quantitative estimate of drug-likeness (QED) is 0.941. The highest BCUT2D eigenvalue weighted by atomic mass is 32.1. The molecule has 0 amide bonds. The van der Waals surface area contributed by atoms with Gasteiger partial charge in [-0.15, -0.1) is 11.3 Å². The van der Waals surface area contributed by atoms with Crippen LogP contribution in [0.25, 0.3) is 10.7 Å². The molecule has 0 aliphatic carbocycles. The van der Waals surface area contributed by atoms with Crippen LogP contribution in [-0.4, -0.2) is 39.3 Å². The van der Waals surface area contributed by atoms with Crippen LogP contribution in [0.15, 0.2) is 22.0 Å². The topological polar surface area (TPSA) is 62.4 Å². The molecule has 1 aliphatic heterocycles. The minimum Gasteiger partial charge on any atom is -0.393 e. The maximum absolute atomic E-state index is 9.80. The van der Waals surface area contributed by atoms with E-state index in [0.717, 1.165) is 30.8 Å². The van der Waals surface area contributed by atoms with Gasteiger partial charge < -0.3 is 9.63 Å². The van der Waals surface area contributed by atoms with E-state index < -0.39 is 0 Å². The number of aliphatic hydroxyl groups excluding tert-OH is 1. The predicted octanol–water partition coefficient (Wildman–Crippen LogP) is 2.95. The lowest BCUT2D eigenvalue weighted by Gasteiger charge is -2.36. The molecule has 21 heavy (non-hydrogen) atoms. The largest absolute Gasteiger partial charge is 0.393 e. The molecule has 3 heterocycles. The third kappa shape index (κ3) is 3.17. The lowest BCUT2D eigenvalue weighted by molar-refractivity contribution is 0.0403. The monoisotopic (exact) mass is 307 g/mol. The lowest BCUT2D eigenvalue weighted by Crippen LogP contribution is -2.40. The fraction of sp³-hybridized carbons (Fsp3) is 0.600. The van der Waals surface area contributed by atoms with Crippen LogP contribution < -0.4 is 0 Å². The van der Waals surface area contributed by atoms with Crippen molar-refractivity contribution in [2.45, 2.75) is 38.8 Å². The summed E-state index contributed by atoms with van der Waals surface area (Å²) in [5.41, 5.74) is 0. The van der Waals surface area contributed by atoms with Crippen LogP contribution in [0, 0.1) is 5.92 Å². The van der Waals surface area contributed by atoms with Crippen molar-refractivity contribution in [3.8, 4) is 10.7 Å². The zero-order chi connectivity index (χ0) is 14.8. The van der Waals surface area contributed by atoms with Gasteiger partial charge in [0.2, 0.25) is 11.7 Å². The molecular weight excluding hydrogens is 286 g/mol. The van der Waals surface area contributed by atoms with Crippen LogP contribution in [0.4, 0.5) is 0 Å². The van der Waals surface area contributed by atoms with Crippen molar-refractivity contribution in [2.24, 2.45) is 5.92 Å². The first kappa shape index (κ1) is 14.7. The minimum atomic E-state index is -0.260. The van der Waals surface area contributed by atoms with Gasteiger partial charge >= 0.3 is 0 Å². The zero-order valence-electron chi connectivity index (χ0n) is 12.4. The minimum absolute atomic E-state index is 0.0905. The Morgan fingerprint density at radius 2 is 2.33 bits per heavy atom. The number of hydrogen-bond donors (Lipinski definition) is 1. The second kappa shape index (κ2) is 6.25. The first-order chi connectivity index (χ1) is 10.1. The maximum Gasteiger partial charge on any atom is 0.244 e. The Bertz CT molecular complexity index is 567. The summed E-state index contributed by atoms with van der Waals surface area (Å²) in [6, 6.07) is 4.07. The molecule has 2 aromatic heterocycles. The Hall–Kier alpha value is -1.24. The Morgan fingerprint density at radius 3 is 3.05 bits per heavy atom. The van der Waals surface area contributed by atoms with E-state index >= 15 is 0 Å². The highest BCUT2D eigenvalue weighted by Crippen LogP contribution is 2.29.